The third kappa shape index (κ3) is 2.83. The highest BCUT2D eigenvalue weighted by Gasteiger charge is 2.20. The SMILES string of the molecule is COc1cc(I)c2ccccc2c1-c1c(OC)cc(I)c2ccccc12. The first kappa shape index (κ1) is 17.9. The molecule has 0 radical (unpaired) electrons. The number of fused-ring (bicyclic) bond motifs is 2. The Kier molecular flexibility index (Phi) is 4.96. The molecule has 2 nitrogen and oxygen atoms in total. The number of methoxy groups -OCH3 is 2. The zero-order valence-electron chi connectivity index (χ0n) is 14.3. The molecule has 0 heterocycles. The van der Waals surface area contributed by atoms with Gasteiger partial charge >= 0.3 is 0 Å². The normalized spacial score (nSPS) is 11.1. The maximum atomic E-state index is 5.81. The van der Waals surface area contributed by atoms with Gasteiger partial charge in [-0.3, -0.25) is 0 Å². The topological polar surface area (TPSA) is 18.5 Å². The van der Waals surface area contributed by atoms with Crippen LogP contribution >= 0.6 is 45.2 Å². The lowest BCUT2D eigenvalue weighted by molar-refractivity contribution is 0.411. The average molecular weight is 566 g/mol. The number of ether oxygens (including phenoxy) is 2. The summed E-state index contributed by atoms with van der Waals surface area (Å²) in [6.07, 6.45) is 0. The van der Waals surface area contributed by atoms with Gasteiger partial charge in [0.2, 0.25) is 0 Å². The van der Waals surface area contributed by atoms with Crippen molar-refractivity contribution in [1.82, 2.24) is 0 Å². The van der Waals surface area contributed by atoms with E-state index in [1.54, 1.807) is 14.2 Å². The fourth-order valence-corrected chi connectivity index (χ4v) is 4.96. The molecule has 0 saturated carbocycles. The Hall–Kier alpha value is -1.54. The van der Waals surface area contributed by atoms with E-state index in [-0.39, 0.29) is 0 Å². The van der Waals surface area contributed by atoms with Crippen LogP contribution in [-0.2, 0) is 0 Å². The van der Waals surface area contributed by atoms with E-state index in [4.69, 9.17) is 9.47 Å². The second-order valence-electron chi connectivity index (χ2n) is 5.96. The summed E-state index contributed by atoms with van der Waals surface area (Å²) in [5, 5.41) is 4.77. The Labute approximate surface area is 179 Å². The number of benzene rings is 4. The van der Waals surface area contributed by atoms with Crippen molar-refractivity contribution in [2.24, 2.45) is 0 Å². The molecule has 130 valence electrons. The first-order valence-electron chi connectivity index (χ1n) is 8.16. The quantitative estimate of drug-likeness (QED) is 0.252. The molecule has 4 heteroatoms. The molecule has 0 unspecified atom stereocenters. The van der Waals surface area contributed by atoms with Crippen LogP contribution in [0.1, 0.15) is 0 Å². The van der Waals surface area contributed by atoms with E-state index in [1.165, 1.54) is 28.7 Å². The highest BCUT2D eigenvalue weighted by atomic mass is 127. The van der Waals surface area contributed by atoms with Crippen LogP contribution in [0.2, 0.25) is 0 Å². The molecule has 0 aliphatic carbocycles. The molecule has 0 spiro atoms. The van der Waals surface area contributed by atoms with Crippen molar-refractivity contribution in [3.8, 4) is 22.6 Å². The minimum absolute atomic E-state index is 0.859. The molecule has 0 amide bonds. The monoisotopic (exact) mass is 566 g/mol. The van der Waals surface area contributed by atoms with Gasteiger partial charge in [-0.1, -0.05) is 48.5 Å². The number of hydrogen-bond donors (Lipinski definition) is 0. The third-order valence-electron chi connectivity index (χ3n) is 4.61. The summed E-state index contributed by atoms with van der Waals surface area (Å²) in [4.78, 5) is 0. The molecular formula is C22H16I2O2. The summed E-state index contributed by atoms with van der Waals surface area (Å²) >= 11 is 4.74. The second kappa shape index (κ2) is 7.23. The van der Waals surface area contributed by atoms with Gasteiger partial charge in [0.05, 0.1) is 14.2 Å². The molecule has 26 heavy (non-hydrogen) atoms. The van der Waals surface area contributed by atoms with E-state index >= 15 is 0 Å². The van der Waals surface area contributed by atoms with Gasteiger partial charge in [-0.25, -0.2) is 0 Å². The lowest BCUT2D eigenvalue weighted by Gasteiger charge is -2.19. The molecule has 4 rings (SSSR count). The van der Waals surface area contributed by atoms with Gasteiger partial charge in [-0.05, 0) is 78.9 Å². The maximum absolute atomic E-state index is 5.81. The van der Waals surface area contributed by atoms with Crippen LogP contribution in [0.5, 0.6) is 11.5 Å². The Balaban J connectivity index is 2.24. The molecule has 0 bridgehead atoms. The first-order chi connectivity index (χ1) is 12.7. The van der Waals surface area contributed by atoms with E-state index in [0.717, 1.165) is 22.6 Å². The average Bonchev–Trinajstić information content (AvgIpc) is 2.68. The molecule has 0 N–H and O–H groups in total. The van der Waals surface area contributed by atoms with E-state index in [2.05, 4.69) is 106 Å². The van der Waals surface area contributed by atoms with Crippen LogP contribution in [0, 0.1) is 7.14 Å². The molecule has 0 aromatic heterocycles. The van der Waals surface area contributed by atoms with Crippen LogP contribution < -0.4 is 9.47 Å². The van der Waals surface area contributed by atoms with Crippen LogP contribution in [0.4, 0.5) is 0 Å². The molecule has 0 aliphatic heterocycles. The number of hydrogen-bond acceptors (Lipinski definition) is 2. The zero-order valence-corrected chi connectivity index (χ0v) is 18.7. The number of rotatable bonds is 3. The fraction of sp³-hybridized carbons (Fsp3) is 0.0909. The van der Waals surface area contributed by atoms with Crippen molar-refractivity contribution in [3.05, 3.63) is 67.8 Å². The van der Waals surface area contributed by atoms with Gasteiger partial charge in [-0.15, -0.1) is 0 Å². The molecule has 0 aliphatic rings. The summed E-state index contributed by atoms with van der Waals surface area (Å²) in [6.45, 7) is 0. The molecule has 0 atom stereocenters. The van der Waals surface area contributed by atoms with Crippen molar-refractivity contribution in [2.75, 3.05) is 14.2 Å². The van der Waals surface area contributed by atoms with Gasteiger partial charge < -0.3 is 9.47 Å². The van der Waals surface area contributed by atoms with Gasteiger partial charge in [0.15, 0.2) is 0 Å². The minimum atomic E-state index is 0.859. The van der Waals surface area contributed by atoms with Gasteiger partial charge in [0.1, 0.15) is 11.5 Å². The van der Waals surface area contributed by atoms with Crippen molar-refractivity contribution in [3.63, 3.8) is 0 Å². The van der Waals surface area contributed by atoms with E-state index in [1.807, 2.05) is 0 Å². The van der Waals surface area contributed by atoms with Crippen molar-refractivity contribution >= 4 is 66.7 Å². The highest BCUT2D eigenvalue weighted by molar-refractivity contribution is 14.1. The van der Waals surface area contributed by atoms with Crippen LogP contribution in [0.3, 0.4) is 0 Å². The Bertz CT molecular complexity index is 1040. The predicted molar refractivity (Wildman–Crippen MR) is 125 cm³/mol. The first-order valence-corrected chi connectivity index (χ1v) is 10.3. The van der Waals surface area contributed by atoms with E-state index in [9.17, 15) is 0 Å². The van der Waals surface area contributed by atoms with Gasteiger partial charge in [0, 0.05) is 18.3 Å². The second-order valence-corrected chi connectivity index (χ2v) is 8.29. The Morgan fingerprint density at radius 1 is 0.577 bits per heavy atom. The Morgan fingerprint density at radius 3 is 1.27 bits per heavy atom. The van der Waals surface area contributed by atoms with Crippen molar-refractivity contribution in [2.45, 2.75) is 0 Å². The van der Waals surface area contributed by atoms with Gasteiger partial charge in [-0.2, -0.15) is 0 Å². The lowest BCUT2D eigenvalue weighted by Crippen LogP contribution is -1.97. The van der Waals surface area contributed by atoms with Gasteiger partial charge in [0.25, 0.3) is 0 Å². The fourth-order valence-electron chi connectivity index (χ4n) is 3.45. The maximum Gasteiger partial charge on any atom is 0.128 e. The third-order valence-corrected chi connectivity index (χ3v) is 6.39. The molecule has 0 fully saturated rings. The van der Waals surface area contributed by atoms with Crippen molar-refractivity contribution in [1.29, 1.82) is 0 Å². The lowest BCUT2D eigenvalue weighted by atomic mass is 9.92. The molecule has 4 aromatic carbocycles. The highest BCUT2D eigenvalue weighted by Crippen LogP contribution is 2.47. The summed E-state index contributed by atoms with van der Waals surface area (Å²) in [6, 6.07) is 21.1. The predicted octanol–water partition coefficient (Wildman–Crippen LogP) is 6.89. The molecule has 0 saturated heterocycles. The van der Waals surface area contributed by atoms with Crippen LogP contribution in [0.25, 0.3) is 32.7 Å². The zero-order chi connectivity index (χ0) is 18.3. The summed E-state index contributed by atoms with van der Waals surface area (Å²) in [5.41, 5.74) is 2.15. The van der Waals surface area contributed by atoms with E-state index < -0.39 is 0 Å². The standard InChI is InChI=1S/C22H16I2O2/c1-25-19-11-17(23)13-7-3-5-9-15(13)21(19)22-16-10-6-4-8-14(16)18(24)12-20(22)26-2/h3-12H,1-2H3. The summed E-state index contributed by atoms with van der Waals surface area (Å²) < 4.78 is 14.0. The van der Waals surface area contributed by atoms with Crippen molar-refractivity contribution < 1.29 is 9.47 Å². The van der Waals surface area contributed by atoms with Crippen LogP contribution in [0.15, 0.2) is 60.7 Å². The summed E-state index contributed by atoms with van der Waals surface area (Å²) in [5.74, 6) is 1.72. The molecular weight excluding hydrogens is 550 g/mol. The Morgan fingerprint density at radius 2 is 0.923 bits per heavy atom. The number of halogens is 2. The smallest absolute Gasteiger partial charge is 0.128 e. The largest absolute Gasteiger partial charge is 0.496 e. The minimum Gasteiger partial charge on any atom is -0.496 e. The summed E-state index contributed by atoms with van der Waals surface area (Å²) in [7, 11) is 3.45. The van der Waals surface area contributed by atoms with Crippen LogP contribution in [-0.4, -0.2) is 14.2 Å². The van der Waals surface area contributed by atoms with E-state index in [0.29, 0.717) is 0 Å². The molecule has 4 aromatic rings.